The first kappa shape index (κ1) is 8.48. The lowest BCUT2D eigenvalue weighted by Gasteiger charge is -1.88. The molecule has 1 aromatic heterocycles. The van der Waals surface area contributed by atoms with Gasteiger partial charge < -0.3 is 4.42 Å². The average Bonchev–Trinajstić information content (AvgIpc) is 2.10. The molecule has 0 saturated carbocycles. The Balaban J connectivity index is 2.81. The summed E-state index contributed by atoms with van der Waals surface area (Å²) in [6, 6.07) is 0. The molecule has 0 spiro atoms. The summed E-state index contributed by atoms with van der Waals surface area (Å²) < 4.78 is 25.9. The van der Waals surface area contributed by atoms with E-state index in [0.29, 0.717) is 0 Å². The van der Waals surface area contributed by atoms with Crippen molar-refractivity contribution >= 4 is 21.4 Å². The third-order valence-corrected chi connectivity index (χ3v) is 1.75. The Labute approximate surface area is 68.3 Å². The fraction of sp³-hybridized carbons (Fsp3) is 0.500. The summed E-state index contributed by atoms with van der Waals surface area (Å²) in [4.78, 5) is 0. The van der Waals surface area contributed by atoms with Crippen molar-refractivity contribution in [1.82, 2.24) is 10.2 Å². The normalized spacial score (nSPS) is 11.8. The summed E-state index contributed by atoms with van der Waals surface area (Å²) in [7, 11) is -3.12. The van der Waals surface area contributed by atoms with Gasteiger partial charge in [0.2, 0.25) is 5.89 Å². The van der Waals surface area contributed by atoms with Gasteiger partial charge in [-0.15, -0.1) is 5.10 Å². The molecule has 0 radical (unpaired) electrons. The Bertz CT molecular complexity index is 344. The van der Waals surface area contributed by atoms with E-state index in [9.17, 15) is 8.42 Å². The van der Waals surface area contributed by atoms with Crippen LogP contribution >= 0.6 is 11.6 Å². The summed E-state index contributed by atoms with van der Waals surface area (Å²) in [5.41, 5.74) is 0. The van der Waals surface area contributed by atoms with E-state index in [-0.39, 0.29) is 17.0 Å². The van der Waals surface area contributed by atoms with Gasteiger partial charge >= 0.3 is 5.35 Å². The van der Waals surface area contributed by atoms with E-state index in [1.54, 1.807) is 0 Å². The highest BCUT2D eigenvalue weighted by Gasteiger charge is 2.10. The van der Waals surface area contributed by atoms with Gasteiger partial charge in [0.25, 0.3) is 0 Å². The van der Waals surface area contributed by atoms with Crippen LogP contribution in [0.2, 0.25) is 5.35 Å². The van der Waals surface area contributed by atoms with Gasteiger partial charge in [0, 0.05) is 6.26 Å². The molecular formula is C4H5ClN2O3S. The molecule has 0 aliphatic heterocycles. The van der Waals surface area contributed by atoms with Crippen molar-refractivity contribution in [3.05, 3.63) is 11.2 Å². The van der Waals surface area contributed by atoms with Crippen LogP contribution in [0.25, 0.3) is 0 Å². The number of halogens is 1. The lowest BCUT2D eigenvalue weighted by molar-refractivity contribution is 0.509. The molecular weight excluding hydrogens is 192 g/mol. The van der Waals surface area contributed by atoms with Gasteiger partial charge in [-0.3, -0.25) is 0 Å². The molecule has 1 rings (SSSR count). The van der Waals surface area contributed by atoms with Crippen LogP contribution in [0, 0.1) is 0 Å². The lowest BCUT2D eigenvalue weighted by Crippen LogP contribution is -2.00. The van der Waals surface area contributed by atoms with Crippen LogP contribution in [-0.4, -0.2) is 24.9 Å². The van der Waals surface area contributed by atoms with Crippen molar-refractivity contribution < 1.29 is 12.8 Å². The molecule has 0 aromatic carbocycles. The summed E-state index contributed by atoms with van der Waals surface area (Å²) >= 11 is 5.25. The molecule has 0 amide bonds. The fourth-order valence-corrected chi connectivity index (χ4v) is 1.21. The van der Waals surface area contributed by atoms with Crippen LogP contribution in [0.1, 0.15) is 5.89 Å². The van der Waals surface area contributed by atoms with Gasteiger partial charge in [-0.05, 0) is 11.6 Å². The van der Waals surface area contributed by atoms with Crippen LogP contribution in [0.15, 0.2) is 4.42 Å². The molecule has 0 bridgehead atoms. The van der Waals surface area contributed by atoms with Crippen molar-refractivity contribution in [2.75, 3.05) is 6.26 Å². The highest BCUT2D eigenvalue weighted by molar-refractivity contribution is 7.89. The molecule has 0 fully saturated rings. The van der Waals surface area contributed by atoms with Gasteiger partial charge in [-0.25, -0.2) is 8.42 Å². The first-order valence-corrected chi connectivity index (χ1v) is 5.07. The smallest absolute Gasteiger partial charge is 0.312 e. The molecule has 11 heavy (non-hydrogen) atoms. The number of hydrogen-bond donors (Lipinski definition) is 0. The van der Waals surface area contributed by atoms with Crippen molar-refractivity contribution in [1.29, 1.82) is 0 Å². The van der Waals surface area contributed by atoms with Crippen LogP contribution in [-0.2, 0) is 15.6 Å². The molecule has 0 unspecified atom stereocenters. The van der Waals surface area contributed by atoms with Gasteiger partial charge in [-0.1, -0.05) is 5.10 Å². The highest BCUT2D eigenvalue weighted by atomic mass is 35.5. The van der Waals surface area contributed by atoms with E-state index in [0.717, 1.165) is 6.26 Å². The Morgan fingerprint density at radius 1 is 1.55 bits per heavy atom. The standard InChI is InChI=1S/C4H5ClN2O3S/c1-11(8,9)2-3-6-7-4(5)10-3/h2H2,1H3. The molecule has 0 aliphatic carbocycles. The molecule has 1 aromatic rings. The van der Waals surface area contributed by atoms with Crippen molar-refractivity contribution in [2.24, 2.45) is 0 Å². The maximum atomic E-state index is 10.6. The summed E-state index contributed by atoms with van der Waals surface area (Å²) in [6.07, 6.45) is 1.07. The van der Waals surface area contributed by atoms with E-state index >= 15 is 0 Å². The maximum absolute atomic E-state index is 10.6. The third kappa shape index (κ3) is 2.85. The molecule has 5 nitrogen and oxygen atoms in total. The quantitative estimate of drug-likeness (QED) is 0.679. The Morgan fingerprint density at radius 3 is 2.55 bits per heavy atom. The number of sulfone groups is 1. The number of hydrogen-bond acceptors (Lipinski definition) is 5. The third-order valence-electron chi connectivity index (χ3n) is 0.828. The molecule has 0 aliphatic rings. The minimum atomic E-state index is -3.12. The Morgan fingerprint density at radius 2 is 2.18 bits per heavy atom. The maximum Gasteiger partial charge on any atom is 0.312 e. The summed E-state index contributed by atoms with van der Waals surface area (Å²) in [5, 5.41) is 6.51. The first-order valence-electron chi connectivity index (χ1n) is 2.63. The van der Waals surface area contributed by atoms with Crippen molar-refractivity contribution in [3.63, 3.8) is 0 Å². The van der Waals surface area contributed by atoms with E-state index in [1.165, 1.54) is 0 Å². The molecule has 62 valence electrons. The topological polar surface area (TPSA) is 73.1 Å². The number of aromatic nitrogens is 2. The summed E-state index contributed by atoms with van der Waals surface area (Å²) in [5.74, 6) is -0.260. The second kappa shape index (κ2) is 2.78. The van der Waals surface area contributed by atoms with Crippen molar-refractivity contribution in [2.45, 2.75) is 5.75 Å². The molecule has 0 atom stereocenters. The van der Waals surface area contributed by atoms with Crippen molar-refractivity contribution in [3.8, 4) is 0 Å². The average molecular weight is 197 g/mol. The SMILES string of the molecule is CS(=O)(=O)Cc1nnc(Cl)o1. The molecule has 0 saturated heterocycles. The van der Waals surface area contributed by atoms with E-state index in [1.807, 2.05) is 0 Å². The predicted octanol–water partition coefficient (Wildman–Crippen LogP) is 0.268. The minimum absolute atomic E-state index is 0.0116. The van der Waals surface area contributed by atoms with Crippen LogP contribution in [0.4, 0.5) is 0 Å². The van der Waals surface area contributed by atoms with E-state index in [4.69, 9.17) is 11.6 Å². The second-order valence-corrected chi connectivity index (χ2v) is 4.48. The Kier molecular flexibility index (Phi) is 2.15. The van der Waals surface area contributed by atoms with Gasteiger partial charge in [-0.2, -0.15) is 0 Å². The lowest BCUT2D eigenvalue weighted by atomic mass is 10.8. The minimum Gasteiger partial charge on any atom is -0.411 e. The molecule has 7 heteroatoms. The number of nitrogens with zero attached hydrogens (tertiary/aromatic N) is 2. The Hall–Kier alpha value is -0.620. The zero-order chi connectivity index (χ0) is 8.48. The van der Waals surface area contributed by atoms with Gasteiger partial charge in [0.15, 0.2) is 9.84 Å². The second-order valence-electron chi connectivity index (χ2n) is 2.02. The predicted molar refractivity (Wildman–Crippen MR) is 37.9 cm³/mol. The van der Waals surface area contributed by atoms with Crippen LogP contribution < -0.4 is 0 Å². The van der Waals surface area contributed by atoms with Crippen LogP contribution in [0.5, 0.6) is 0 Å². The molecule has 1 heterocycles. The van der Waals surface area contributed by atoms with E-state index in [2.05, 4.69) is 14.6 Å². The summed E-state index contributed by atoms with van der Waals surface area (Å²) in [6.45, 7) is 0. The van der Waals surface area contributed by atoms with Crippen LogP contribution in [0.3, 0.4) is 0 Å². The zero-order valence-corrected chi connectivity index (χ0v) is 7.18. The monoisotopic (exact) mass is 196 g/mol. The fourth-order valence-electron chi connectivity index (χ4n) is 0.516. The van der Waals surface area contributed by atoms with Gasteiger partial charge in [0.1, 0.15) is 5.75 Å². The zero-order valence-electron chi connectivity index (χ0n) is 5.61. The molecule has 0 N–H and O–H groups in total. The first-order chi connectivity index (χ1) is 4.97. The number of rotatable bonds is 2. The van der Waals surface area contributed by atoms with E-state index < -0.39 is 9.84 Å². The highest BCUT2D eigenvalue weighted by Crippen LogP contribution is 2.07. The van der Waals surface area contributed by atoms with Gasteiger partial charge in [0.05, 0.1) is 0 Å². The largest absolute Gasteiger partial charge is 0.411 e.